The number of fused-ring (bicyclic) bond motifs is 1. The van der Waals surface area contributed by atoms with Crippen LogP contribution >= 0.6 is 0 Å². The summed E-state index contributed by atoms with van der Waals surface area (Å²) in [5, 5.41) is 9.17. The Balaban J connectivity index is 2.38. The van der Waals surface area contributed by atoms with Crippen LogP contribution in [0.3, 0.4) is 0 Å². The zero-order valence-corrected chi connectivity index (χ0v) is 10.0. The van der Waals surface area contributed by atoms with Crippen LogP contribution in [-0.4, -0.2) is 24.2 Å². The molecule has 0 unspecified atom stereocenters. The van der Waals surface area contributed by atoms with Crippen LogP contribution in [-0.2, 0) is 6.42 Å². The molecular formula is C14H17NO2. The fourth-order valence-electron chi connectivity index (χ4n) is 2.32. The van der Waals surface area contributed by atoms with Gasteiger partial charge in [0.05, 0.1) is 5.56 Å². The van der Waals surface area contributed by atoms with Crippen molar-refractivity contribution in [2.45, 2.75) is 19.8 Å². The van der Waals surface area contributed by atoms with Gasteiger partial charge in [0.2, 0.25) is 0 Å². The average molecular weight is 231 g/mol. The Labute approximate surface area is 101 Å². The minimum Gasteiger partial charge on any atom is -0.478 e. The first-order chi connectivity index (χ1) is 8.24. The fourth-order valence-corrected chi connectivity index (χ4v) is 2.32. The highest BCUT2D eigenvalue weighted by atomic mass is 16.4. The number of carbonyl (C=O) groups is 1. The van der Waals surface area contributed by atoms with Crippen LogP contribution < -0.4 is 4.90 Å². The van der Waals surface area contributed by atoms with Crippen LogP contribution in [0, 0.1) is 0 Å². The second-order valence-electron chi connectivity index (χ2n) is 4.23. The van der Waals surface area contributed by atoms with Gasteiger partial charge >= 0.3 is 5.97 Å². The van der Waals surface area contributed by atoms with Gasteiger partial charge in [0.1, 0.15) is 0 Å². The van der Waals surface area contributed by atoms with Crippen LogP contribution in [0.15, 0.2) is 30.4 Å². The molecule has 0 bridgehead atoms. The maximum Gasteiger partial charge on any atom is 0.336 e. The molecule has 17 heavy (non-hydrogen) atoms. The quantitative estimate of drug-likeness (QED) is 0.813. The lowest BCUT2D eigenvalue weighted by Gasteiger charge is -2.31. The van der Waals surface area contributed by atoms with E-state index < -0.39 is 5.97 Å². The number of hydrogen-bond donors (Lipinski definition) is 1. The molecule has 3 nitrogen and oxygen atoms in total. The Hall–Kier alpha value is -1.77. The van der Waals surface area contributed by atoms with E-state index in [9.17, 15) is 9.90 Å². The molecule has 0 atom stereocenters. The van der Waals surface area contributed by atoms with Crippen molar-refractivity contribution in [3.05, 3.63) is 41.5 Å². The molecule has 0 aromatic heterocycles. The lowest BCUT2D eigenvalue weighted by atomic mass is 9.96. The number of hydrogen-bond acceptors (Lipinski definition) is 2. The molecule has 0 spiro atoms. The first-order valence-electron chi connectivity index (χ1n) is 5.95. The summed E-state index contributed by atoms with van der Waals surface area (Å²) in [4.78, 5) is 13.4. The van der Waals surface area contributed by atoms with E-state index in [1.807, 2.05) is 25.1 Å². The Kier molecular flexibility index (Phi) is 3.47. The maximum absolute atomic E-state index is 11.2. The normalized spacial score (nSPS) is 15.0. The van der Waals surface area contributed by atoms with Gasteiger partial charge in [0, 0.05) is 18.8 Å². The molecule has 1 aliphatic rings. The largest absolute Gasteiger partial charge is 0.478 e. The van der Waals surface area contributed by atoms with E-state index in [4.69, 9.17) is 0 Å². The first-order valence-corrected chi connectivity index (χ1v) is 5.95. The summed E-state index contributed by atoms with van der Waals surface area (Å²) >= 11 is 0. The standard InChI is InChI=1S/C14H17NO2/c1-2-3-9-15-10-5-7-11-12(14(16)17)6-4-8-13(11)15/h2-4,6,8H,5,7,9-10H2,1H3,(H,16,17)/b3-2+. The fraction of sp³-hybridized carbons (Fsp3) is 0.357. The summed E-state index contributed by atoms with van der Waals surface area (Å²) in [5.74, 6) is -0.824. The van der Waals surface area contributed by atoms with E-state index in [1.165, 1.54) is 0 Å². The summed E-state index contributed by atoms with van der Waals surface area (Å²) in [6.45, 7) is 3.85. The third-order valence-electron chi connectivity index (χ3n) is 3.14. The Morgan fingerprint density at radius 3 is 3.06 bits per heavy atom. The number of benzene rings is 1. The summed E-state index contributed by atoms with van der Waals surface area (Å²) in [6, 6.07) is 5.54. The molecule has 1 heterocycles. The van der Waals surface area contributed by atoms with Gasteiger partial charge in [-0.25, -0.2) is 4.79 Å². The molecule has 0 fully saturated rings. The third kappa shape index (κ3) is 2.33. The molecule has 1 aliphatic heterocycles. The van der Waals surface area contributed by atoms with E-state index in [1.54, 1.807) is 6.07 Å². The predicted octanol–water partition coefficient (Wildman–Crippen LogP) is 2.71. The highest BCUT2D eigenvalue weighted by Crippen LogP contribution is 2.29. The van der Waals surface area contributed by atoms with Gasteiger partial charge in [-0.2, -0.15) is 0 Å². The number of carboxylic acids is 1. The van der Waals surface area contributed by atoms with Gasteiger partial charge in [0.25, 0.3) is 0 Å². The number of rotatable bonds is 3. The van der Waals surface area contributed by atoms with Crippen LogP contribution in [0.2, 0.25) is 0 Å². The summed E-state index contributed by atoms with van der Waals surface area (Å²) < 4.78 is 0. The minimum atomic E-state index is -0.824. The second-order valence-corrected chi connectivity index (χ2v) is 4.23. The molecule has 2 rings (SSSR count). The van der Waals surface area contributed by atoms with Crippen LogP contribution in [0.25, 0.3) is 0 Å². The molecule has 0 saturated carbocycles. The molecule has 0 amide bonds. The predicted molar refractivity (Wildman–Crippen MR) is 68.7 cm³/mol. The Morgan fingerprint density at radius 2 is 2.35 bits per heavy atom. The molecule has 0 radical (unpaired) electrons. The van der Waals surface area contributed by atoms with E-state index in [0.29, 0.717) is 5.56 Å². The van der Waals surface area contributed by atoms with Crippen LogP contribution in [0.4, 0.5) is 5.69 Å². The number of allylic oxidation sites excluding steroid dienone is 1. The zero-order valence-electron chi connectivity index (χ0n) is 10.0. The minimum absolute atomic E-state index is 0.452. The van der Waals surface area contributed by atoms with Gasteiger partial charge in [0.15, 0.2) is 0 Å². The van der Waals surface area contributed by atoms with E-state index in [-0.39, 0.29) is 0 Å². The average Bonchev–Trinajstić information content (AvgIpc) is 2.35. The number of anilines is 1. The lowest BCUT2D eigenvalue weighted by molar-refractivity contribution is 0.0695. The maximum atomic E-state index is 11.2. The number of nitrogens with zero attached hydrogens (tertiary/aromatic N) is 1. The summed E-state index contributed by atoms with van der Waals surface area (Å²) in [7, 11) is 0. The van der Waals surface area contributed by atoms with Crippen molar-refractivity contribution in [1.82, 2.24) is 0 Å². The van der Waals surface area contributed by atoms with Crippen molar-refractivity contribution in [1.29, 1.82) is 0 Å². The van der Waals surface area contributed by atoms with Gasteiger partial charge in [-0.05, 0) is 37.5 Å². The highest BCUT2D eigenvalue weighted by molar-refractivity contribution is 5.91. The molecule has 0 saturated heterocycles. The molecule has 1 N–H and O–H groups in total. The van der Waals surface area contributed by atoms with Crippen molar-refractivity contribution < 1.29 is 9.90 Å². The van der Waals surface area contributed by atoms with Gasteiger partial charge in [-0.1, -0.05) is 18.2 Å². The van der Waals surface area contributed by atoms with Gasteiger partial charge < -0.3 is 10.0 Å². The van der Waals surface area contributed by atoms with Crippen molar-refractivity contribution in [3.8, 4) is 0 Å². The second kappa shape index (κ2) is 5.04. The number of carboxylic acid groups (broad SMARTS) is 1. The number of aromatic carboxylic acids is 1. The van der Waals surface area contributed by atoms with Crippen molar-refractivity contribution in [2.24, 2.45) is 0 Å². The molecule has 3 heteroatoms. The summed E-state index contributed by atoms with van der Waals surface area (Å²) in [6.07, 6.45) is 6.01. The van der Waals surface area contributed by atoms with E-state index in [0.717, 1.165) is 37.2 Å². The molecule has 0 aliphatic carbocycles. The molecular weight excluding hydrogens is 214 g/mol. The van der Waals surface area contributed by atoms with Crippen LogP contribution in [0.5, 0.6) is 0 Å². The van der Waals surface area contributed by atoms with E-state index in [2.05, 4.69) is 11.0 Å². The van der Waals surface area contributed by atoms with Crippen molar-refractivity contribution in [2.75, 3.05) is 18.0 Å². The summed E-state index contributed by atoms with van der Waals surface area (Å²) in [5.41, 5.74) is 2.51. The lowest BCUT2D eigenvalue weighted by Crippen LogP contribution is -2.30. The van der Waals surface area contributed by atoms with Crippen molar-refractivity contribution in [3.63, 3.8) is 0 Å². The molecule has 1 aromatic carbocycles. The van der Waals surface area contributed by atoms with Crippen molar-refractivity contribution >= 4 is 11.7 Å². The smallest absolute Gasteiger partial charge is 0.336 e. The highest BCUT2D eigenvalue weighted by Gasteiger charge is 2.20. The zero-order chi connectivity index (χ0) is 12.3. The van der Waals surface area contributed by atoms with Crippen LogP contribution in [0.1, 0.15) is 29.3 Å². The van der Waals surface area contributed by atoms with Gasteiger partial charge in [-0.3, -0.25) is 0 Å². The topological polar surface area (TPSA) is 40.5 Å². The van der Waals surface area contributed by atoms with Gasteiger partial charge in [-0.15, -0.1) is 0 Å². The molecule has 90 valence electrons. The third-order valence-corrected chi connectivity index (χ3v) is 3.14. The Morgan fingerprint density at radius 1 is 1.53 bits per heavy atom. The molecule has 1 aromatic rings. The van der Waals surface area contributed by atoms with E-state index >= 15 is 0 Å². The first kappa shape index (κ1) is 11.7. The SMILES string of the molecule is C/C=C/CN1CCCc2c(C(=O)O)cccc21. The Bertz CT molecular complexity index is 452. The monoisotopic (exact) mass is 231 g/mol.